The number of fused-ring (bicyclic) bond motifs is 1. The monoisotopic (exact) mass is 367 g/mol. The van der Waals surface area contributed by atoms with Crippen molar-refractivity contribution < 1.29 is 4.74 Å². The van der Waals surface area contributed by atoms with Gasteiger partial charge in [-0.2, -0.15) is 0 Å². The van der Waals surface area contributed by atoms with Crippen LogP contribution in [0.2, 0.25) is 0 Å². The van der Waals surface area contributed by atoms with E-state index in [0.717, 1.165) is 5.75 Å². The van der Waals surface area contributed by atoms with Crippen LogP contribution in [0.1, 0.15) is 31.4 Å². The molecule has 1 aliphatic rings. The summed E-state index contributed by atoms with van der Waals surface area (Å²) in [7, 11) is 3.88. The van der Waals surface area contributed by atoms with Crippen LogP contribution < -0.4 is 4.74 Å². The average Bonchev–Trinajstić information content (AvgIpc) is 2.71. The Morgan fingerprint density at radius 2 is 2.11 bits per heavy atom. The Balaban J connectivity index is 2.22. The molecule has 3 heteroatoms. The van der Waals surface area contributed by atoms with Crippen molar-refractivity contribution in [2.45, 2.75) is 25.7 Å². The molecule has 0 saturated heterocycles. The van der Waals surface area contributed by atoms with Crippen molar-refractivity contribution in [2.75, 3.05) is 7.11 Å². The molecule has 1 heterocycles. The molecule has 19 heavy (non-hydrogen) atoms. The standard InChI is InChI=1S/C16H18INO/c1-18-14-10-12(19-2)8-9-13(14)15(17)16(18)11-6-4-3-5-7-11/h6,8-10H,3-5,7H2,1-2H3. The molecule has 3 rings (SSSR count). The highest BCUT2D eigenvalue weighted by atomic mass is 127. The molecule has 0 aliphatic heterocycles. The van der Waals surface area contributed by atoms with E-state index in [1.807, 2.05) is 6.07 Å². The van der Waals surface area contributed by atoms with Gasteiger partial charge in [0.25, 0.3) is 0 Å². The Bertz CT molecular complexity index is 654. The molecule has 1 aliphatic carbocycles. The largest absolute Gasteiger partial charge is 0.497 e. The van der Waals surface area contributed by atoms with E-state index in [0.29, 0.717) is 0 Å². The second-order valence-electron chi connectivity index (χ2n) is 5.08. The third kappa shape index (κ3) is 2.18. The highest BCUT2D eigenvalue weighted by Crippen LogP contribution is 2.36. The van der Waals surface area contributed by atoms with Crippen LogP contribution in [0, 0.1) is 3.57 Å². The third-order valence-electron chi connectivity index (χ3n) is 3.94. The lowest BCUT2D eigenvalue weighted by Gasteiger charge is -2.14. The van der Waals surface area contributed by atoms with Gasteiger partial charge in [0, 0.05) is 22.1 Å². The molecule has 0 unspecified atom stereocenters. The molecular formula is C16H18INO. The normalized spacial score (nSPS) is 15.6. The Morgan fingerprint density at radius 3 is 2.79 bits per heavy atom. The van der Waals surface area contributed by atoms with Crippen LogP contribution in [0.5, 0.6) is 5.75 Å². The molecule has 2 nitrogen and oxygen atoms in total. The highest BCUT2D eigenvalue weighted by Gasteiger charge is 2.18. The molecule has 0 amide bonds. The van der Waals surface area contributed by atoms with E-state index < -0.39 is 0 Å². The van der Waals surface area contributed by atoms with Gasteiger partial charge in [0.05, 0.1) is 18.3 Å². The maximum atomic E-state index is 5.34. The van der Waals surface area contributed by atoms with E-state index in [9.17, 15) is 0 Å². The molecular weight excluding hydrogens is 349 g/mol. The molecule has 0 saturated carbocycles. The Labute approximate surface area is 127 Å². The van der Waals surface area contributed by atoms with Crippen molar-refractivity contribution >= 4 is 39.1 Å². The molecule has 0 spiro atoms. The quantitative estimate of drug-likeness (QED) is 0.699. The van der Waals surface area contributed by atoms with Crippen molar-refractivity contribution in [1.82, 2.24) is 4.57 Å². The summed E-state index contributed by atoms with van der Waals surface area (Å²) >= 11 is 2.48. The average molecular weight is 367 g/mol. The number of aromatic nitrogens is 1. The van der Waals surface area contributed by atoms with Gasteiger partial charge in [-0.3, -0.25) is 0 Å². The van der Waals surface area contributed by atoms with Crippen molar-refractivity contribution in [3.8, 4) is 5.75 Å². The van der Waals surface area contributed by atoms with Crippen LogP contribution in [0.4, 0.5) is 0 Å². The Morgan fingerprint density at radius 1 is 1.26 bits per heavy atom. The van der Waals surface area contributed by atoms with Crippen molar-refractivity contribution in [3.63, 3.8) is 0 Å². The first-order valence-electron chi connectivity index (χ1n) is 6.73. The van der Waals surface area contributed by atoms with Gasteiger partial charge in [-0.1, -0.05) is 6.08 Å². The second kappa shape index (κ2) is 5.19. The summed E-state index contributed by atoms with van der Waals surface area (Å²) < 4.78 is 9.02. The summed E-state index contributed by atoms with van der Waals surface area (Å²) in [6.45, 7) is 0. The molecule has 0 bridgehead atoms. The lowest BCUT2D eigenvalue weighted by Crippen LogP contribution is -2.00. The minimum Gasteiger partial charge on any atom is -0.497 e. The number of hydrogen-bond acceptors (Lipinski definition) is 1. The number of benzene rings is 1. The van der Waals surface area contributed by atoms with Crippen LogP contribution in [0.3, 0.4) is 0 Å². The maximum Gasteiger partial charge on any atom is 0.120 e. The zero-order valence-corrected chi connectivity index (χ0v) is 13.5. The summed E-state index contributed by atoms with van der Waals surface area (Å²) in [5.74, 6) is 0.925. The smallest absolute Gasteiger partial charge is 0.120 e. The number of ether oxygens (including phenoxy) is 1. The first-order chi connectivity index (χ1) is 9.22. The van der Waals surface area contributed by atoms with E-state index in [-0.39, 0.29) is 0 Å². The number of allylic oxidation sites excluding steroid dienone is 2. The van der Waals surface area contributed by atoms with E-state index in [1.165, 1.54) is 51.4 Å². The Hall–Kier alpha value is -0.970. The van der Waals surface area contributed by atoms with Crippen LogP contribution in [0.25, 0.3) is 16.5 Å². The highest BCUT2D eigenvalue weighted by molar-refractivity contribution is 14.1. The van der Waals surface area contributed by atoms with E-state index >= 15 is 0 Å². The zero-order chi connectivity index (χ0) is 13.4. The lowest BCUT2D eigenvalue weighted by molar-refractivity contribution is 0.415. The summed E-state index contributed by atoms with van der Waals surface area (Å²) in [5, 5.41) is 1.32. The van der Waals surface area contributed by atoms with E-state index in [2.05, 4.69) is 52.4 Å². The summed E-state index contributed by atoms with van der Waals surface area (Å²) in [5.41, 5.74) is 4.15. The lowest BCUT2D eigenvalue weighted by atomic mass is 9.97. The topological polar surface area (TPSA) is 14.2 Å². The molecule has 0 atom stereocenters. The van der Waals surface area contributed by atoms with Crippen molar-refractivity contribution in [3.05, 3.63) is 33.5 Å². The predicted octanol–water partition coefficient (Wildman–Crippen LogP) is 4.75. The van der Waals surface area contributed by atoms with Gasteiger partial charge in [-0.05, 0) is 66.0 Å². The fourth-order valence-corrected chi connectivity index (χ4v) is 4.07. The van der Waals surface area contributed by atoms with Crippen molar-refractivity contribution in [1.29, 1.82) is 0 Å². The van der Waals surface area contributed by atoms with E-state index in [4.69, 9.17) is 4.74 Å². The van der Waals surface area contributed by atoms with Crippen LogP contribution in [-0.4, -0.2) is 11.7 Å². The van der Waals surface area contributed by atoms with Crippen molar-refractivity contribution in [2.24, 2.45) is 7.05 Å². The number of aryl methyl sites for hydroxylation is 1. The van der Waals surface area contributed by atoms with Gasteiger partial charge >= 0.3 is 0 Å². The molecule has 0 N–H and O–H groups in total. The number of rotatable bonds is 2. The first kappa shape index (κ1) is 13.0. The number of methoxy groups -OCH3 is 1. The summed E-state index contributed by atoms with van der Waals surface area (Å²) in [6, 6.07) is 6.34. The maximum absolute atomic E-state index is 5.34. The number of hydrogen-bond donors (Lipinski definition) is 0. The zero-order valence-electron chi connectivity index (χ0n) is 11.4. The molecule has 2 aromatic rings. The fraction of sp³-hybridized carbons (Fsp3) is 0.375. The molecule has 0 fully saturated rings. The van der Waals surface area contributed by atoms with Gasteiger partial charge in [0.2, 0.25) is 0 Å². The molecule has 1 aromatic heterocycles. The SMILES string of the molecule is COc1ccc2c(I)c(C3=CCCCC3)n(C)c2c1. The van der Waals surface area contributed by atoms with Crippen LogP contribution in [0.15, 0.2) is 24.3 Å². The first-order valence-corrected chi connectivity index (χ1v) is 7.81. The van der Waals surface area contributed by atoms with Crippen LogP contribution >= 0.6 is 22.6 Å². The van der Waals surface area contributed by atoms with Gasteiger partial charge < -0.3 is 9.30 Å². The third-order valence-corrected chi connectivity index (χ3v) is 5.03. The number of nitrogens with zero attached hydrogens (tertiary/aromatic N) is 1. The number of halogens is 1. The Kier molecular flexibility index (Phi) is 3.56. The fourth-order valence-electron chi connectivity index (χ4n) is 2.91. The minimum absolute atomic E-state index is 0.925. The molecule has 0 radical (unpaired) electrons. The summed E-state index contributed by atoms with van der Waals surface area (Å²) in [4.78, 5) is 0. The predicted molar refractivity (Wildman–Crippen MR) is 88.6 cm³/mol. The molecule has 100 valence electrons. The van der Waals surface area contributed by atoms with Gasteiger partial charge in [-0.25, -0.2) is 0 Å². The van der Waals surface area contributed by atoms with Crippen LogP contribution in [-0.2, 0) is 7.05 Å². The minimum atomic E-state index is 0.925. The summed E-state index contributed by atoms with van der Waals surface area (Å²) in [6.07, 6.45) is 7.48. The van der Waals surface area contributed by atoms with Gasteiger partial charge in [0.1, 0.15) is 5.75 Å². The second-order valence-corrected chi connectivity index (χ2v) is 6.16. The molecule has 1 aromatic carbocycles. The van der Waals surface area contributed by atoms with Gasteiger partial charge in [-0.15, -0.1) is 0 Å². The van der Waals surface area contributed by atoms with Gasteiger partial charge in [0.15, 0.2) is 0 Å². The van der Waals surface area contributed by atoms with E-state index in [1.54, 1.807) is 7.11 Å².